The van der Waals surface area contributed by atoms with E-state index >= 15 is 0 Å². The van der Waals surface area contributed by atoms with Crippen LogP contribution in [-0.2, 0) is 12.0 Å². The minimum Gasteiger partial charge on any atom is -0.484 e. The van der Waals surface area contributed by atoms with E-state index in [4.69, 9.17) is 27.2 Å². The summed E-state index contributed by atoms with van der Waals surface area (Å²) in [5.74, 6) is 1.12. The number of nitrogens with one attached hydrogen (secondary N) is 4. The summed E-state index contributed by atoms with van der Waals surface area (Å²) >= 11 is 6.31. The average molecular weight is 602 g/mol. The van der Waals surface area contributed by atoms with Crippen molar-refractivity contribution in [2.75, 3.05) is 11.9 Å². The molecule has 224 valence electrons. The second-order valence-corrected chi connectivity index (χ2v) is 11.9. The van der Waals surface area contributed by atoms with E-state index in [2.05, 4.69) is 15.7 Å². The van der Waals surface area contributed by atoms with Gasteiger partial charge in [0.1, 0.15) is 29.0 Å². The van der Waals surface area contributed by atoms with Gasteiger partial charge in [-0.25, -0.2) is 9.48 Å². The number of hydrogen-bond donors (Lipinski definition) is 5. The number of aliphatic hydroxyl groups excluding tert-OH is 1. The van der Waals surface area contributed by atoms with Gasteiger partial charge in [-0.15, -0.1) is 0 Å². The van der Waals surface area contributed by atoms with Gasteiger partial charge in [0, 0.05) is 17.0 Å². The van der Waals surface area contributed by atoms with Gasteiger partial charge in [0.05, 0.1) is 36.1 Å². The maximum absolute atomic E-state index is 13.1. The number of carbonyl (C=O) groups is 1. The quantitative estimate of drug-likeness (QED) is 0.136. The normalized spacial score (nSPS) is 16.3. The van der Waals surface area contributed by atoms with Crippen molar-refractivity contribution < 1.29 is 14.6 Å². The molecule has 2 atom stereocenters. The predicted octanol–water partition coefficient (Wildman–Crippen LogP) is 5.76. The van der Waals surface area contributed by atoms with Crippen molar-refractivity contribution in [3.63, 3.8) is 0 Å². The Morgan fingerprint density at radius 1 is 1.09 bits per heavy atom. The number of ether oxygens (including phenoxy) is 1. The third-order valence-electron chi connectivity index (χ3n) is 7.41. The first-order chi connectivity index (χ1) is 20.5. The third-order valence-corrected chi connectivity index (χ3v) is 7.74. The summed E-state index contributed by atoms with van der Waals surface area (Å²) in [6, 6.07) is 19.5. The van der Waals surface area contributed by atoms with Gasteiger partial charge >= 0.3 is 6.03 Å². The molecule has 0 spiro atoms. The first kappa shape index (κ1) is 30.1. The van der Waals surface area contributed by atoms with E-state index in [1.54, 1.807) is 47.3 Å². The zero-order valence-corrected chi connectivity index (χ0v) is 25.2. The summed E-state index contributed by atoms with van der Waals surface area (Å²) in [5, 5.41) is 37.5. The molecular formula is C32H36ClN7O3. The van der Waals surface area contributed by atoms with E-state index in [9.17, 15) is 9.90 Å². The number of amides is 2. The highest BCUT2D eigenvalue weighted by atomic mass is 35.5. The molecule has 43 heavy (non-hydrogen) atoms. The van der Waals surface area contributed by atoms with Crippen LogP contribution in [-0.4, -0.2) is 37.9 Å². The van der Waals surface area contributed by atoms with Crippen molar-refractivity contribution in [3.05, 3.63) is 106 Å². The molecule has 2 heterocycles. The van der Waals surface area contributed by atoms with Crippen LogP contribution in [0.5, 0.6) is 5.75 Å². The van der Waals surface area contributed by atoms with Crippen molar-refractivity contribution in [2.24, 2.45) is 0 Å². The van der Waals surface area contributed by atoms with Crippen LogP contribution in [0.2, 0.25) is 5.02 Å². The van der Waals surface area contributed by atoms with Gasteiger partial charge in [-0.1, -0.05) is 68.8 Å². The van der Waals surface area contributed by atoms with Gasteiger partial charge in [0.2, 0.25) is 0 Å². The number of aromatic nitrogens is 3. The standard InChI is InChI=1S/C32H36ClN7O3/c1-32(2,3)27-18-29(40(38-27)16-17-41)37-31(42)36-25-13-14-26(22-9-5-4-8-21(22)25)43-20-12-15-28(34)39(19-20)30(35)23-10-6-7-11-24(23)33/h4-12,15,18-19,25-26,34-35,41H,13-14,16-17H2,1-3H3,(H2,36,37,42)/t25-,26+/m0/s1. The Hall–Kier alpha value is -4.41. The summed E-state index contributed by atoms with van der Waals surface area (Å²) in [6.45, 7) is 6.32. The smallest absolute Gasteiger partial charge is 0.320 e. The maximum atomic E-state index is 13.1. The lowest BCUT2D eigenvalue weighted by atomic mass is 9.85. The number of carbonyl (C=O) groups excluding carboxylic acids is 1. The highest BCUT2D eigenvalue weighted by Gasteiger charge is 2.30. The molecule has 0 fully saturated rings. The molecule has 2 aromatic carbocycles. The summed E-state index contributed by atoms with van der Waals surface area (Å²) < 4.78 is 9.47. The van der Waals surface area contributed by atoms with Gasteiger partial charge in [0.25, 0.3) is 0 Å². The monoisotopic (exact) mass is 601 g/mol. The molecule has 0 saturated heterocycles. The summed E-state index contributed by atoms with van der Waals surface area (Å²) in [4.78, 5) is 13.1. The first-order valence-corrected chi connectivity index (χ1v) is 14.6. The van der Waals surface area contributed by atoms with E-state index in [-0.39, 0.29) is 48.1 Å². The second kappa shape index (κ2) is 12.4. The number of hydrogen-bond acceptors (Lipinski definition) is 6. The van der Waals surface area contributed by atoms with Crippen molar-refractivity contribution in [2.45, 2.75) is 57.7 Å². The molecule has 11 heteroatoms. The van der Waals surface area contributed by atoms with E-state index in [0.717, 1.165) is 16.8 Å². The molecule has 2 amide bonds. The molecule has 2 aromatic heterocycles. The lowest BCUT2D eigenvalue weighted by Crippen LogP contribution is -2.36. The van der Waals surface area contributed by atoms with Crippen LogP contribution in [0.25, 0.3) is 0 Å². The lowest BCUT2D eigenvalue weighted by molar-refractivity contribution is 0.171. The Morgan fingerprint density at radius 3 is 2.53 bits per heavy atom. The van der Waals surface area contributed by atoms with Crippen LogP contribution in [0.3, 0.4) is 0 Å². The molecule has 4 aromatic rings. The lowest BCUT2D eigenvalue weighted by Gasteiger charge is -2.32. The number of rotatable bonds is 7. The molecule has 0 unspecified atom stereocenters. The van der Waals surface area contributed by atoms with E-state index in [1.807, 2.05) is 51.1 Å². The van der Waals surface area contributed by atoms with Crippen LogP contribution in [0.4, 0.5) is 10.6 Å². The number of pyridine rings is 1. The molecule has 5 rings (SSSR count). The van der Waals surface area contributed by atoms with Crippen molar-refractivity contribution in [1.29, 1.82) is 10.8 Å². The third kappa shape index (κ3) is 6.65. The summed E-state index contributed by atoms with van der Waals surface area (Å²) in [6.07, 6.45) is 2.64. The molecule has 0 bridgehead atoms. The Bertz CT molecular complexity index is 1710. The van der Waals surface area contributed by atoms with Crippen LogP contribution in [0, 0.1) is 10.8 Å². The van der Waals surface area contributed by atoms with Gasteiger partial charge < -0.3 is 15.2 Å². The highest BCUT2D eigenvalue weighted by Crippen LogP contribution is 2.38. The summed E-state index contributed by atoms with van der Waals surface area (Å²) in [7, 11) is 0. The highest BCUT2D eigenvalue weighted by molar-refractivity contribution is 6.34. The molecule has 0 saturated carbocycles. The first-order valence-electron chi connectivity index (χ1n) is 14.2. The van der Waals surface area contributed by atoms with Crippen LogP contribution in [0.1, 0.15) is 68.1 Å². The fraction of sp³-hybridized carbons (Fsp3) is 0.312. The molecule has 0 radical (unpaired) electrons. The topological polar surface area (TPSA) is 141 Å². The molecule has 10 nitrogen and oxygen atoms in total. The number of halogens is 1. The number of urea groups is 1. The van der Waals surface area contributed by atoms with Gasteiger partial charge in [0.15, 0.2) is 0 Å². The second-order valence-electron chi connectivity index (χ2n) is 11.5. The van der Waals surface area contributed by atoms with E-state index < -0.39 is 0 Å². The molecule has 0 aliphatic heterocycles. The Kier molecular flexibility index (Phi) is 8.70. The molecule has 1 aliphatic rings. The average Bonchev–Trinajstić information content (AvgIpc) is 3.38. The number of anilines is 1. The molecule has 5 N–H and O–H groups in total. The summed E-state index contributed by atoms with van der Waals surface area (Å²) in [5.41, 5.74) is 3.18. The number of fused-ring (bicyclic) bond motifs is 1. The zero-order valence-electron chi connectivity index (χ0n) is 24.4. The van der Waals surface area contributed by atoms with Gasteiger partial charge in [-0.2, -0.15) is 5.10 Å². The Labute approximate surface area is 255 Å². The number of benzene rings is 2. The van der Waals surface area contributed by atoms with Gasteiger partial charge in [-0.05, 0) is 48.2 Å². The van der Waals surface area contributed by atoms with Crippen LogP contribution < -0.4 is 20.9 Å². The molecule has 1 aliphatic carbocycles. The van der Waals surface area contributed by atoms with Gasteiger partial charge in [-0.3, -0.25) is 20.7 Å². The fourth-order valence-electron chi connectivity index (χ4n) is 5.17. The Morgan fingerprint density at radius 2 is 1.81 bits per heavy atom. The SMILES string of the molecule is CC(C)(C)c1cc(NC(=O)N[C@H]2CC[C@@H](Oc3ccc(=N)n(C(=N)c4ccccc4Cl)c3)c3ccccc32)n(CCO)n1. The number of aliphatic hydroxyl groups is 1. The maximum Gasteiger partial charge on any atom is 0.320 e. The van der Waals surface area contributed by atoms with Crippen molar-refractivity contribution >= 4 is 29.3 Å². The Balaban J connectivity index is 1.32. The van der Waals surface area contributed by atoms with E-state index in [0.29, 0.717) is 35.0 Å². The minimum absolute atomic E-state index is 0.0790. The van der Waals surface area contributed by atoms with Crippen LogP contribution >= 0.6 is 11.6 Å². The van der Waals surface area contributed by atoms with Crippen molar-refractivity contribution in [3.8, 4) is 5.75 Å². The predicted molar refractivity (Wildman–Crippen MR) is 166 cm³/mol. The van der Waals surface area contributed by atoms with Crippen LogP contribution in [0.15, 0.2) is 72.9 Å². The van der Waals surface area contributed by atoms with E-state index in [1.165, 1.54) is 4.57 Å². The fourth-order valence-corrected chi connectivity index (χ4v) is 5.39. The largest absolute Gasteiger partial charge is 0.484 e. The van der Waals surface area contributed by atoms with Crippen molar-refractivity contribution in [1.82, 2.24) is 19.7 Å². The minimum atomic E-state index is -0.358. The zero-order chi connectivity index (χ0) is 30.7. The molecular weight excluding hydrogens is 566 g/mol. The number of nitrogens with zero attached hydrogens (tertiary/aromatic N) is 3.